The quantitative estimate of drug-likeness (QED) is 0.743. The first kappa shape index (κ1) is 14.2. The van der Waals surface area contributed by atoms with Crippen LogP contribution >= 0.6 is 15.9 Å². The molecular weight excluding hydrogens is 286 g/mol. The van der Waals surface area contributed by atoms with E-state index in [-0.39, 0.29) is 12.6 Å². The Kier molecular flexibility index (Phi) is 5.67. The van der Waals surface area contributed by atoms with Crippen molar-refractivity contribution >= 4 is 27.4 Å². The number of nitrogens with two attached hydrogens (primary N) is 1. The zero-order chi connectivity index (χ0) is 12.8. The van der Waals surface area contributed by atoms with E-state index in [2.05, 4.69) is 26.2 Å². The van der Waals surface area contributed by atoms with Gasteiger partial charge in [0.2, 0.25) is 0 Å². The van der Waals surface area contributed by atoms with Crippen LogP contribution in [0.5, 0.6) is 0 Å². The number of nitrogens with one attached hydrogen (secondary N) is 1. The van der Waals surface area contributed by atoms with Crippen molar-refractivity contribution in [3.63, 3.8) is 0 Å². The molecule has 0 aliphatic carbocycles. The summed E-state index contributed by atoms with van der Waals surface area (Å²) in [5.41, 5.74) is 7.32. The molecule has 1 aromatic rings. The predicted molar refractivity (Wildman–Crippen MR) is 72.1 cm³/mol. The number of halogens is 1. The normalized spacial score (nSPS) is 12.5. The molecule has 4 N–H and O–H groups in total. The van der Waals surface area contributed by atoms with Crippen molar-refractivity contribution in [3.8, 4) is 0 Å². The smallest absolute Gasteiger partial charge is 0.141 e. The molecule has 1 aromatic heterocycles. The number of aliphatic hydroxyl groups excluding tert-OH is 1. The van der Waals surface area contributed by atoms with Crippen molar-refractivity contribution < 1.29 is 9.84 Å². The molecule has 0 aliphatic heterocycles. The summed E-state index contributed by atoms with van der Waals surface area (Å²) in [4.78, 5) is 4.20. The van der Waals surface area contributed by atoms with E-state index >= 15 is 0 Å². The lowest BCUT2D eigenvalue weighted by atomic mass is 10.2. The number of aliphatic hydroxyl groups is 1. The monoisotopic (exact) mass is 303 g/mol. The fraction of sp³-hybridized carbons (Fsp3) is 0.545. The molecule has 0 fully saturated rings. The lowest BCUT2D eigenvalue weighted by molar-refractivity contribution is 0.174. The highest BCUT2D eigenvalue weighted by Gasteiger charge is 2.12. The Morgan fingerprint density at radius 2 is 2.35 bits per heavy atom. The molecule has 0 aromatic carbocycles. The van der Waals surface area contributed by atoms with Gasteiger partial charge in [0.15, 0.2) is 0 Å². The van der Waals surface area contributed by atoms with Gasteiger partial charge in [-0.25, -0.2) is 4.98 Å². The molecule has 0 saturated heterocycles. The van der Waals surface area contributed by atoms with Crippen LogP contribution in [-0.2, 0) is 4.74 Å². The summed E-state index contributed by atoms with van der Waals surface area (Å²) in [5.74, 6) is 0.687. The second kappa shape index (κ2) is 6.78. The molecule has 0 saturated carbocycles. The first-order chi connectivity index (χ1) is 8.10. The topological polar surface area (TPSA) is 80.4 Å². The zero-order valence-corrected chi connectivity index (χ0v) is 11.6. The highest BCUT2D eigenvalue weighted by atomic mass is 79.9. The van der Waals surface area contributed by atoms with E-state index in [4.69, 9.17) is 10.5 Å². The number of pyridine rings is 1. The van der Waals surface area contributed by atoms with Crippen molar-refractivity contribution in [2.45, 2.75) is 19.4 Å². The standard InChI is InChI=1S/C11H18BrN3O2/c1-7-9(13)5-14-11(10(7)12)15-8(6-16)3-4-17-2/h5,8,16H,3-4,6,13H2,1-2H3,(H,14,15). The number of anilines is 2. The van der Waals surface area contributed by atoms with Gasteiger partial charge >= 0.3 is 0 Å². The second-order valence-corrected chi connectivity index (χ2v) is 4.60. The molecule has 6 heteroatoms. The summed E-state index contributed by atoms with van der Waals surface area (Å²) in [5, 5.41) is 12.4. The van der Waals surface area contributed by atoms with Gasteiger partial charge in [-0.3, -0.25) is 0 Å². The van der Waals surface area contributed by atoms with E-state index in [9.17, 15) is 5.11 Å². The largest absolute Gasteiger partial charge is 0.397 e. The second-order valence-electron chi connectivity index (χ2n) is 3.81. The number of hydrogen-bond donors (Lipinski definition) is 3. The van der Waals surface area contributed by atoms with Gasteiger partial charge in [0.05, 0.1) is 29.0 Å². The number of nitrogen functional groups attached to an aromatic ring is 1. The van der Waals surface area contributed by atoms with Gasteiger partial charge in [0, 0.05) is 13.7 Å². The summed E-state index contributed by atoms with van der Waals surface area (Å²) in [6, 6.07) is -0.0817. The third-order valence-electron chi connectivity index (χ3n) is 2.53. The van der Waals surface area contributed by atoms with Crippen molar-refractivity contribution in [1.82, 2.24) is 4.98 Å². The SMILES string of the molecule is COCCC(CO)Nc1ncc(N)c(C)c1Br. The van der Waals surface area contributed by atoms with Crippen molar-refractivity contribution in [2.75, 3.05) is 31.4 Å². The Morgan fingerprint density at radius 1 is 1.65 bits per heavy atom. The van der Waals surface area contributed by atoms with Crippen LogP contribution < -0.4 is 11.1 Å². The van der Waals surface area contributed by atoms with Crippen LogP contribution in [-0.4, -0.2) is 36.5 Å². The molecular formula is C11H18BrN3O2. The van der Waals surface area contributed by atoms with Crippen LogP contribution in [0, 0.1) is 6.92 Å². The number of methoxy groups -OCH3 is 1. The van der Waals surface area contributed by atoms with Gasteiger partial charge < -0.3 is 20.9 Å². The first-order valence-corrected chi connectivity index (χ1v) is 6.16. The summed E-state index contributed by atoms with van der Waals surface area (Å²) >= 11 is 3.44. The molecule has 96 valence electrons. The molecule has 0 aliphatic rings. The van der Waals surface area contributed by atoms with Crippen LogP contribution in [0.25, 0.3) is 0 Å². The van der Waals surface area contributed by atoms with Gasteiger partial charge in [-0.2, -0.15) is 0 Å². The zero-order valence-electron chi connectivity index (χ0n) is 10.0. The predicted octanol–water partition coefficient (Wildman–Crippen LogP) is 1.54. The Morgan fingerprint density at radius 3 is 2.94 bits per heavy atom. The molecule has 1 unspecified atom stereocenters. The maximum absolute atomic E-state index is 9.24. The van der Waals surface area contributed by atoms with Crippen LogP contribution in [0.2, 0.25) is 0 Å². The summed E-state index contributed by atoms with van der Waals surface area (Å²) in [6.07, 6.45) is 2.32. The summed E-state index contributed by atoms with van der Waals surface area (Å²) in [7, 11) is 1.63. The molecule has 1 atom stereocenters. The van der Waals surface area contributed by atoms with E-state index in [0.717, 1.165) is 10.0 Å². The molecule has 0 bridgehead atoms. The molecule has 5 nitrogen and oxygen atoms in total. The third-order valence-corrected chi connectivity index (χ3v) is 3.50. The first-order valence-electron chi connectivity index (χ1n) is 5.37. The molecule has 0 radical (unpaired) electrons. The van der Waals surface area contributed by atoms with Crippen LogP contribution in [0.1, 0.15) is 12.0 Å². The average molecular weight is 304 g/mol. The summed E-state index contributed by atoms with van der Waals surface area (Å²) in [6.45, 7) is 2.53. The van der Waals surface area contributed by atoms with E-state index in [1.807, 2.05) is 6.92 Å². The van der Waals surface area contributed by atoms with E-state index < -0.39 is 0 Å². The van der Waals surface area contributed by atoms with Gasteiger partial charge in [-0.1, -0.05) is 0 Å². The maximum Gasteiger partial charge on any atom is 0.141 e. The molecule has 0 amide bonds. The van der Waals surface area contributed by atoms with Gasteiger partial charge in [-0.05, 0) is 34.8 Å². The Balaban J connectivity index is 2.76. The van der Waals surface area contributed by atoms with Crippen molar-refractivity contribution in [1.29, 1.82) is 0 Å². The number of hydrogen-bond acceptors (Lipinski definition) is 5. The number of ether oxygens (including phenoxy) is 1. The van der Waals surface area contributed by atoms with Gasteiger partial charge in [-0.15, -0.1) is 0 Å². The van der Waals surface area contributed by atoms with E-state index in [0.29, 0.717) is 24.5 Å². The number of aromatic nitrogens is 1. The minimum atomic E-state index is -0.0817. The average Bonchev–Trinajstić information content (AvgIpc) is 2.34. The molecule has 0 spiro atoms. The Labute approximate surface area is 110 Å². The van der Waals surface area contributed by atoms with Crippen LogP contribution in [0.4, 0.5) is 11.5 Å². The van der Waals surface area contributed by atoms with E-state index in [1.165, 1.54) is 0 Å². The van der Waals surface area contributed by atoms with Crippen molar-refractivity contribution in [2.24, 2.45) is 0 Å². The fourth-order valence-electron chi connectivity index (χ4n) is 1.36. The maximum atomic E-state index is 9.24. The highest BCUT2D eigenvalue weighted by Crippen LogP contribution is 2.28. The third kappa shape index (κ3) is 3.83. The minimum absolute atomic E-state index is 0.0287. The lowest BCUT2D eigenvalue weighted by Crippen LogP contribution is -2.26. The molecule has 17 heavy (non-hydrogen) atoms. The Bertz CT molecular complexity index is 374. The van der Waals surface area contributed by atoms with E-state index in [1.54, 1.807) is 13.3 Å². The number of rotatable bonds is 6. The number of nitrogens with zero attached hydrogens (tertiary/aromatic N) is 1. The highest BCUT2D eigenvalue weighted by molar-refractivity contribution is 9.10. The van der Waals surface area contributed by atoms with Crippen LogP contribution in [0.3, 0.4) is 0 Å². The van der Waals surface area contributed by atoms with Gasteiger partial charge in [0.25, 0.3) is 0 Å². The van der Waals surface area contributed by atoms with Crippen LogP contribution in [0.15, 0.2) is 10.7 Å². The summed E-state index contributed by atoms with van der Waals surface area (Å²) < 4.78 is 5.81. The van der Waals surface area contributed by atoms with Gasteiger partial charge in [0.1, 0.15) is 5.82 Å². The fourth-order valence-corrected chi connectivity index (χ4v) is 1.80. The lowest BCUT2D eigenvalue weighted by Gasteiger charge is -2.18. The molecule has 1 heterocycles. The minimum Gasteiger partial charge on any atom is -0.397 e. The Hall–Kier alpha value is -0.850. The molecule has 1 rings (SSSR count). The van der Waals surface area contributed by atoms with Crippen molar-refractivity contribution in [3.05, 3.63) is 16.2 Å².